The fourth-order valence-electron chi connectivity index (χ4n) is 2.88. The summed E-state index contributed by atoms with van der Waals surface area (Å²) >= 11 is 13.6. The van der Waals surface area contributed by atoms with E-state index in [9.17, 15) is 4.39 Å². The highest BCUT2D eigenvalue weighted by molar-refractivity contribution is 7.98. The lowest BCUT2D eigenvalue weighted by Crippen LogP contribution is -2.01. The molecule has 1 heterocycles. The molecule has 0 fully saturated rings. The van der Waals surface area contributed by atoms with Crippen LogP contribution in [0, 0.1) is 12.7 Å². The molecule has 29 heavy (non-hydrogen) atoms. The summed E-state index contributed by atoms with van der Waals surface area (Å²) in [5.74, 6) is 0.746. The number of hydrogen-bond acceptors (Lipinski definition) is 3. The van der Waals surface area contributed by atoms with Crippen molar-refractivity contribution >= 4 is 35.0 Å². The van der Waals surface area contributed by atoms with Crippen molar-refractivity contribution in [2.45, 2.75) is 17.8 Å². The Hall–Kier alpha value is -2.34. The third-order valence-electron chi connectivity index (χ3n) is 4.39. The minimum atomic E-state index is -0.339. The molecule has 0 aliphatic rings. The minimum Gasteiger partial charge on any atom is -0.270 e. The fourth-order valence-corrected chi connectivity index (χ4v) is 4.10. The molecule has 3 nitrogen and oxygen atoms in total. The van der Waals surface area contributed by atoms with E-state index in [1.807, 2.05) is 47.9 Å². The molecule has 7 heteroatoms. The molecule has 4 aromatic rings. The number of thioether (sulfide) groups is 1. The zero-order valence-corrected chi connectivity index (χ0v) is 17.8. The first-order chi connectivity index (χ1) is 14.0. The highest BCUT2D eigenvalue weighted by atomic mass is 35.5. The zero-order chi connectivity index (χ0) is 20.4. The van der Waals surface area contributed by atoms with Gasteiger partial charge in [0.1, 0.15) is 5.82 Å². The van der Waals surface area contributed by atoms with Crippen molar-refractivity contribution in [2.75, 3.05) is 0 Å². The number of nitrogens with zero attached hydrogens (tertiary/aromatic N) is 3. The van der Waals surface area contributed by atoms with Crippen LogP contribution >= 0.6 is 35.0 Å². The van der Waals surface area contributed by atoms with Gasteiger partial charge in [-0.3, -0.25) is 4.57 Å². The van der Waals surface area contributed by atoms with Gasteiger partial charge in [0.05, 0.1) is 15.6 Å². The maximum atomic E-state index is 14.5. The van der Waals surface area contributed by atoms with Crippen molar-refractivity contribution in [2.24, 2.45) is 0 Å². The molecule has 0 unspecified atom stereocenters. The van der Waals surface area contributed by atoms with Gasteiger partial charge in [-0.05, 0) is 48.9 Å². The van der Waals surface area contributed by atoms with E-state index in [0.717, 1.165) is 16.8 Å². The van der Waals surface area contributed by atoms with Crippen molar-refractivity contribution in [1.29, 1.82) is 0 Å². The molecule has 0 spiro atoms. The lowest BCUT2D eigenvalue weighted by atomic mass is 10.2. The molecule has 3 aromatic carbocycles. The number of benzene rings is 3. The molecule has 0 saturated carbocycles. The van der Waals surface area contributed by atoms with E-state index in [2.05, 4.69) is 10.2 Å². The summed E-state index contributed by atoms with van der Waals surface area (Å²) in [6.45, 7) is 2.02. The van der Waals surface area contributed by atoms with Gasteiger partial charge in [0.15, 0.2) is 11.0 Å². The van der Waals surface area contributed by atoms with E-state index in [-0.39, 0.29) is 5.82 Å². The third kappa shape index (κ3) is 4.32. The molecule has 0 aliphatic carbocycles. The van der Waals surface area contributed by atoms with E-state index in [1.54, 1.807) is 24.3 Å². The van der Waals surface area contributed by atoms with Crippen molar-refractivity contribution in [3.05, 3.63) is 93.7 Å². The normalized spacial score (nSPS) is 11.0. The first kappa shape index (κ1) is 20.0. The maximum Gasteiger partial charge on any atom is 0.196 e. The lowest BCUT2D eigenvalue weighted by molar-refractivity contribution is 0.629. The smallest absolute Gasteiger partial charge is 0.196 e. The average molecular weight is 444 g/mol. The van der Waals surface area contributed by atoms with E-state index in [4.69, 9.17) is 23.2 Å². The van der Waals surface area contributed by atoms with E-state index in [0.29, 0.717) is 32.3 Å². The van der Waals surface area contributed by atoms with Gasteiger partial charge >= 0.3 is 0 Å². The summed E-state index contributed by atoms with van der Waals surface area (Å²) < 4.78 is 16.3. The molecule has 0 bridgehead atoms. The molecule has 0 radical (unpaired) electrons. The van der Waals surface area contributed by atoms with Crippen molar-refractivity contribution < 1.29 is 4.39 Å². The van der Waals surface area contributed by atoms with Crippen LogP contribution in [0.5, 0.6) is 0 Å². The van der Waals surface area contributed by atoms with Crippen molar-refractivity contribution in [3.8, 4) is 17.1 Å². The molecule has 0 aliphatic heterocycles. The van der Waals surface area contributed by atoms with E-state index < -0.39 is 0 Å². The Morgan fingerprint density at radius 3 is 2.41 bits per heavy atom. The Balaban J connectivity index is 1.74. The van der Waals surface area contributed by atoms with Gasteiger partial charge in [-0.15, -0.1) is 10.2 Å². The van der Waals surface area contributed by atoms with Crippen LogP contribution in [0.1, 0.15) is 11.1 Å². The van der Waals surface area contributed by atoms with Gasteiger partial charge in [0, 0.05) is 11.4 Å². The van der Waals surface area contributed by atoms with Crippen molar-refractivity contribution in [1.82, 2.24) is 14.8 Å². The van der Waals surface area contributed by atoms with Gasteiger partial charge in [-0.2, -0.15) is 0 Å². The Kier molecular flexibility index (Phi) is 5.90. The van der Waals surface area contributed by atoms with Crippen LogP contribution in [0.2, 0.25) is 10.0 Å². The summed E-state index contributed by atoms with van der Waals surface area (Å²) in [7, 11) is 0. The van der Waals surface area contributed by atoms with Crippen LogP contribution in [-0.2, 0) is 5.75 Å². The average Bonchev–Trinajstić information content (AvgIpc) is 3.13. The number of aryl methyl sites for hydroxylation is 1. The summed E-state index contributed by atoms with van der Waals surface area (Å²) in [6.07, 6.45) is 0. The van der Waals surface area contributed by atoms with Gasteiger partial charge in [0.2, 0.25) is 0 Å². The molecule has 0 N–H and O–H groups in total. The maximum absolute atomic E-state index is 14.5. The van der Waals surface area contributed by atoms with Crippen LogP contribution in [0.15, 0.2) is 71.9 Å². The second-order valence-corrected chi connectivity index (χ2v) is 8.25. The monoisotopic (exact) mass is 443 g/mol. The first-order valence-electron chi connectivity index (χ1n) is 8.87. The molecular weight excluding hydrogens is 428 g/mol. The first-order valence-corrected chi connectivity index (χ1v) is 10.6. The summed E-state index contributed by atoms with van der Waals surface area (Å²) in [6, 6.07) is 20.1. The number of halogens is 3. The van der Waals surface area contributed by atoms with E-state index >= 15 is 0 Å². The van der Waals surface area contributed by atoms with Gasteiger partial charge in [0.25, 0.3) is 0 Å². The van der Waals surface area contributed by atoms with Crippen LogP contribution in [0.4, 0.5) is 4.39 Å². The Morgan fingerprint density at radius 2 is 1.69 bits per heavy atom. The van der Waals surface area contributed by atoms with Crippen LogP contribution in [0.25, 0.3) is 17.1 Å². The molecule has 0 amide bonds. The minimum absolute atomic E-state index is 0.339. The Morgan fingerprint density at radius 1 is 0.931 bits per heavy atom. The van der Waals surface area contributed by atoms with Gasteiger partial charge in [-0.25, -0.2) is 4.39 Å². The number of rotatable bonds is 5. The molecule has 0 atom stereocenters. The predicted molar refractivity (Wildman–Crippen MR) is 118 cm³/mol. The highest BCUT2D eigenvalue weighted by Gasteiger charge is 2.18. The predicted octanol–water partition coefficient (Wildman–Crippen LogP) is 6.98. The largest absolute Gasteiger partial charge is 0.270 e. The summed E-state index contributed by atoms with van der Waals surface area (Å²) in [5.41, 5.74) is 3.42. The molecule has 146 valence electrons. The van der Waals surface area contributed by atoms with Crippen LogP contribution in [-0.4, -0.2) is 14.8 Å². The molecule has 4 rings (SSSR count). The Bertz CT molecular complexity index is 1160. The topological polar surface area (TPSA) is 30.7 Å². The lowest BCUT2D eigenvalue weighted by Gasteiger charge is -2.11. The van der Waals surface area contributed by atoms with Gasteiger partial charge < -0.3 is 0 Å². The summed E-state index contributed by atoms with van der Waals surface area (Å²) in [5, 5.41) is 10.3. The number of hydrogen-bond donors (Lipinski definition) is 0. The third-order valence-corrected chi connectivity index (χ3v) is 6.13. The quantitative estimate of drug-likeness (QED) is 0.311. The second kappa shape index (κ2) is 8.57. The van der Waals surface area contributed by atoms with Crippen LogP contribution in [0.3, 0.4) is 0 Å². The second-order valence-electron chi connectivity index (χ2n) is 6.49. The van der Waals surface area contributed by atoms with Crippen LogP contribution < -0.4 is 0 Å². The molecule has 1 aromatic heterocycles. The SMILES string of the molecule is Cc1ccc(-n2c(SCc3ccc(Cl)c(Cl)c3)nnc2-c2ccccc2F)cc1. The number of aromatic nitrogens is 3. The fraction of sp³-hybridized carbons (Fsp3) is 0.0909. The molecule has 0 saturated heterocycles. The highest BCUT2D eigenvalue weighted by Crippen LogP contribution is 2.32. The summed E-state index contributed by atoms with van der Waals surface area (Å²) in [4.78, 5) is 0. The van der Waals surface area contributed by atoms with Gasteiger partial charge in [-0.1, -0.05) is 70.9 Å². The molecular formula is C22H16Cl2FN3S. The van der Waals surface area contributed by atoms with E-state index in [1.165, 1.54) is 17.8 Å². The standard InChI is InChI=1S/C22H16Cl2FN3S/c1-14-6-9-16(10-7-14)28-21(17-4-2-3-5-20(17)25)26-27-22(28)29-13-15-8-11-18(23)19(24)12-15/h2-12H,13H2,1H3. The zero-order valence-electron chi connectivity index (χ0n) is 15.4. The van der Waals surface area contributed by atoms with Crippen molar-refractivity contribution in [3.63, 3.8) is 0 Å². The Labute approximate surface area is 182 Å².